The van der Waals surface area contributed by atoms with Crippen molar-refractivity contribution in [3.63, 3.8) is 0 Å². The Morgan fingerprint density at radius 2 is 1.28 bits per heavy atom. The van der Waals surface area contributed by atoms with Crippen molar-refractivity contribution < 1.29 is 27.2 Å². The first-order valence-electron chi connectivity index (χ1n) is 10.1. The third-order valence-electron chi connectivity index (χ3n) is 5.46. The summed E-state index contributed by atoms with van der Waals surface area (Å²) in [6.45, 7) is 0.716. The molecule has 2 aromatic carbocycles. The summed E-state index contributed by atoms with van der Waals surface area (Å²) in [5, 5.41) is 0. The molecule has 32 heavy (non-hydrogen) atoms. The Hall–Kier alpha value is -3.42. The number of carbonyl (C=O) groups is 2. The minimum absolute atomic E-state index is 0.158. The van der Waals surface area contributed by atoms with Crippen molar-refractivity contribution in [3.05, 3.63) is 82.9 Å². The second kappa shape index (κ2) is 10.3. The number of likely N-dealkylation sites (N-methyl/N-ethyl adjacent to an activating group) is 1. The van der Waals surface area contributed by atoms with Crippen LogP contribution in [0.1, 0.15) is 24.0 Å². The predicted molar refractivity (Wildman–Crippen MR) is 113 cm³/mol. The lowest BCUT2D eigenvalue weighted by atomic mass is 10.0. The number of hydrogen-bond donors (Lipinski definition) is 0. The highest BCUT2D eigenvalue weighted by molar-refractivity contribution is 5.92. The van der Waals surface area contributed by atoms with Crippen molar-refractivity contribution in [3.8, 4) is 0 Å². The third kappa shape index (κ3) is 5.43. The van der Waals surface area contributed by atoms with Crippen LogP contribution in [0.4, 0.5) is 17.6 Å². The average Bonchev–Trinajstić information content (AvgIpc) is 2.77. The van der Waals surface area contributed by atoms with Gasteiger partial charge in [0.1, 0.15) is 23.3 Å². The quantitative estimate of drug-likeness (QED) is 0.504. The summed E-state index contributed by atoms with van der Waals surface area (Å²) in [6, 6.07) is 6.77. The standard InChI is InChI=1S/C24H22F4N2O2/c1-29(23(31)10-8-17-19(25)4-2-5-20(17)26)16-12-14-30(15-13-16)24(32)11-9-18-21(27)6-3-7-22(18)28/h2-11,16H,12-15H2,1H3/b10-8+,11-9+. The molecule has 8 heteroatoms. The van der Waals surface area contributed by atoms with Crippen LogP contribution in [0.5, 0.6) is 0 Å². The molecule has 0 bridgehead atoms. The SMILES string of the molecule is CN(C(=O)/C=C/c1c(F)cccc1F)C1CCN(C(=O)/C=C/c2c(F)cccc2F)CC1. The number of piperidine rings is 1. The molecule has 2 aromatic rings. The van der Waals surface area contributed by atoms with Crippen molar-refractivity contribution >= 4 is 24.0 Å². The zero-order valence-electron chi connectivity index (χ0n) is 17.4. The van der Waals surface area contributed by atoms with E-state index in [1.807, 2.05) is 0 Å². The minimum atomic E-state index is -0.758. The first-order chi connectivity index (χ1) is 15.3. The number of carbonyl (C=O) groups excluding carboxylic acids is 2. The van der Waals surface area contributed by atoms with Gasteiger partial charge in [-0.1, -0.05) is 12.1 Å². The number of amides is 2. The highest BCUT2D eigenvalue weighted by atomic mass is 19.1. The second-order valence-electron chi connectivity index (χ2n) is 7.44. The van der Waals surface area contributed by atoms with Gasteiger partial charge < -0.3 is 9.80 Å². The fourth-order valence-corrected chi connectivity index (χ4v) is 3.53. The molecule has 4 nitrogen and oxygen atoms in total. The maximum Gasteiger partial charge on any atom is 0.246 e. The van der Waals surface area contributed by atoms with Gasteiger partial charge in [-0.2, -0.15) is 0 Å². The first-order valence-corrected chi connectivity index (χ1v) is 10.1. The van der Waals surface area contributed by atoms with E-state index in [0.29, 0.717) is 25.9 Å². The maximum atomic E-state index is 13.7. The van der Waals surface area contributed by atoms with Crippen LogP contribution in [-0.4, -0.2) is 47.8 Å². The Bertz CT molecular complexity index is 1020. The molecule has 0 atom stereocenters. The monoisotopic (exact) mass is 446 g/mol. The molecule has 1 aliphatic rings. The van der Waals surface area contributed by atoms with Gasteiger partial charge >= 0.3 is 0 Å². The lowest BCUT2D eigenvalue weighted by Gasteiger charge is -2.36. The van der Waals surface area contributed by atoms with Gasteiger partial charge in [-0.3, -0.25) is 9.59 Å². The van der Waals surface area contributed by atoms with Crippen LogP contribution in [0.15, 0.2) is 48.6 Å². The number of halogens is 4. The van der Waals surface area contributed by atoms with E-state index >= 15 is 0 Å². The molecule has 1 aliphatic heterocycles. The lowest BCUT2D eigenvalue weighted by Crippen LogP contribution is -2.46. The molecule has 1 heterocycles. The fraction of sp³-hybridized carbons (Fsp3) is 0.250. The Balaban J connectivity index is 1.55. The number of nitrogens with zero attached hydrogens (tertiary/aromatic N) is 2. The number of rotatable bonds is 5. The molecule has 0 unspecified atom stereocenters. The van der Waals surface area contributed by atoms with E-state index in [1.165, 1.54) is 21.9 Å². The summed E-state index contributed by atoms with van der Waals surface area (Å²) in [5.41, 5.74) is -0.563. The van der Waals surface area contributed by atoms with Gasteiger partial charge in [0.25, 0.3) is 0 Å². The Morgan fingerprint density at radius 3 is 1.75 bits per heavy atom. The van der Waals surface area contributed by atoms with Crippen LogP contribution in [0.2, 0.25) is 0 Å². The highest BCUT2D eigenvalue weighted by Gasteiger charge is 2.26. The topological polar surface area (TPSA) is 40.6 Å². The van der Waals surface area contributed by atoms with Crippen LogP contribution < -0.4 is 0 Å². The lowest BCUT2D eigenvalue weighted by molar-refractivity contribution is -0.130. The van der Waals surface area contributed by atoms with E-state index < -0.39 is 29.2 Å². The van der Waals surface area contributed by atoms with Gasteiger partial charge in [-0.25, -0.2) is 17.6 Å². The zero-order chi connectivity index (χ0) is 23.3. The van der Waals surface area contributed by atoms with E-state index in [2.05, 4.69) is 0 Å². The van der Waals surface area contributed by atoms with Crippen LogP contribution in [0.3, 0.4) is 0 Å². The molecule has 0 aliphatic carbocycles. The number of hydrogen-bond acceptors (Lipinski definition) is 2. The van der Waals surface area contributed by atoms with E-state index in [-0.39, 0.29) is 23.1 Å². The van der Waals surface area contributed by atoms with Crippen molar-refractivity contribution in [2.75, 3.05) is 20.1 Å². The van der Waals surface area contributed by atoms with Gasteiger partial charge in [0, 0.05) is 49.5 Å². The second-order valence-corrected chi connectivity index (χ2v) is 7.44. The molecular formula is C24H22F4N2O2. The zero-order valence-corrected chi connectivity index (χ0v) is 17.4. The summed E-state index contributed by atoms with van der Waals surface area (Å²) in [4.78, 5) is 27.8. The van der Waals surface area contributed by atoms with E-state index in [0.717, 1.165) is 48.6 Å². The van der Waals surface area contributed by atoms with Gasteiger partial charge in [0.05, 0.1) is 0 Å². The molecule has 0 radical (unpaired) electrons. The molecule has 3 rings (SSSR count). The first kappa shape index (κ1) is 23.2. The normalized spacial score (nSPS) is 15.0. The molecule has 2 amide bonds. The van der Waals surface area contributed by atoms with Gasteiger partial charge in [0.15, 0.2) is 0 Å². The van der Waals surface area contributed by atoms with Crippen molar-refractivity contribution in [2.45, 2.75) is 18.9 Å². The summed E-state index contributed by atoms with van der Waals surface area (Å²) < 4.78 is 54.7. The maximum absolute atomic E-state index is 13.7. The van der Waals surface area contributed by atoms with Gasteiger partial charge in [-0.15, -0.1) is 0 Å². The largest absolute Gasteiger partial charge is 0.339 e. The molecule has 0 saturated carbocycles. The van der Waals surface area contributed by atoms with Crippen molar-refractivity contribution in [2.24, 2.45) is 0 Å². The van der Waals surface area contributed by atoms with Crippen molar-refractivity contribution in [1.82, 2.24) is 9.80 Å². The van der Waals surface area contributed by atoms with Crippen molar-refractivity contribution in [1.29, 1.82) is 0 Å². The molecule has 1 fully saturated rings. The summed E-state index contributed by atoms with van der Waals surface area (Å²) in [7, 11) is 1.59. The van der Waals surface area contributed by atoms with Crippen LogP contribution >= 0.6 is 0 Å². The van der Waals surface area contributed by atoms with E-state index in [9.17, 15) is 27.2 Å². The van der Waals surface area contributed by atoms with Crippen LogP contribution in [0.25, 0.3) is 12.2 Å². The van der Waals surface area contributed by atoms with Gasteiger partial charge in [0.2, 0.25) is 11.8 Å². The van der Waals surface area contributed by atoms with Crippen LogP contribution in [-0.2, 0) is 9.59 Å². The van der Waals surface area contributed by atoms with Crippen LogP contribution in [0, 0.1) is 23.3 Å². The minimum Gasteiger partial charge on any atom is -0.339 e. The third-order valence-corrected chi connectivity index (χ3v) is 5.46. The number of benzene rings is 2. The Morgan fingerprint density at radius 1 is 0.844 bits per heavy atom. The predicted octanol–water partition coefficient (Wildman–Crippen LogP) is 4.42. The summed E-state index contributed by atoms with van der Waals surface area (Å²) in [5.74, 6) is -3.81. The molecular weight excluding hydrogens is 424 g/mol. The van der Waals surface area contributed by atoms with E-state index in [4.69, 9.17) is 0 Å². The molecule has 168 valence electrons. The van der Waals surface area contributed by atoms with Gasteiger partial charge in [-0.05, 0) is 49.3 Å². The summed E-state index contributed by atoms with van der Waals surface area (Å²) in [6.07, 6.45) is 5.46. The number of likely N-dealkylation sites (tertiary alicyclic amines) is 1. The summed E-state index contributed by atoms with van der Waals surface area (Å²) >= 11 is 0. The van der Waals surface area contributed by atoms with E-state index in [1.54, 1.807) is 7.05 Å². The fourth-order valence-electron chi connectivity index (χ4n) is 3.53. The smallest absolute Gasteiger partial charge is 0.246 e. The highest BCUT2D eigenvalue weighted by Crippen LogP contribution is 2.19. The molecule has 0 aromatic heterocycles. The Labute approximate surface area is 183 Å². The Kier molecular flexibility index (Phi) is 7.45. The molecule has 1 saturated heterocycles. The average molecular weight is 446 g/mol. The molecule has 0 spiro atoms. The molecule has 0 N–H and O–H groups in total.